The lowest BCUT2D eigenvalue weighted by molar-refractivity contribution is -0.113. The zero-order valence-electron chi connectivity index (χ0n) is 15.9. The number of rotatable bonds is 5. The van der Waals surface area contributed by atoms with Crippen LogP contribution in [0, 0.1) is 11.3 Å². The number of methoxy groups -OCH3 is 1. The third kappa shape index (κ3) is 3.90. The molecular weight excluding hydrogens is 370 g/mol. The molecule has 2 aromatic carbocycles. The van der Waals surface area contributed by atoms with Crippen LogP contribution in [0.15, 0.2) is 76.5 Å². The number of nitrogens with one attached hydrogen (secondary N) is 2. The molecule has 0 radical (unpaired) electrons. The fraction of sp³-hybridized carbons (Fsp3) is 0.182. The van der Waals surface area contributed by atoms with E-state index in [1.165, 1.54) is 11.8 Å². The first-order valence-corrected chi connectivity index (χ1v) is 9.98. The molecule has 0 spiro atoms. The SMILES string of the molecule is COc1ccc(C2C(C#N)=C(SC)NC(C)=C2C(=O)Nc2ccccc2)cc1. The van der Waals surface area contributed by atoms with Crippen molar-refractivity contribution < 1.29 is 9.53 Å². The lowest BCUT2D eigenvalue weighted by Gasteiger charge is -2.29. The summed E-state index contributed by atoms with van der Waals surface area (Å²) >= 11 is 1.46. The van der Waals surface area contributed by atoms with Crippen LogP contribution in [-0.2, 0) is 4.79 Å². The number of para-hydroxylation sites is 1. The molecule has 2 N–H and O–H groups in total. The minimum atomic E-state index is -0.455. The van der Waals surface area contributed by atoms with E-state index in [0.29, 0.717) is 16.8 Å². The van der Waals surface area contributed by atoms with E-state index in [4.69, 9.17) is 4.74 Å². The summed E-state index contributed by atoms with van der Waals surface area (Å²) in [7, 11) is 1.61. The monoisotopic (exact) mass is 391 g/mol. The number of ether oxygens (including phenoxy) is 1. The highest BCUT2D eigenvalue weighted by atomic mass is 32.2. The number of anilines is 1. The number of allylic oxidation sites excluding steroid dienone is 2. The summed E-state index contributed by atoms with van der Waals surface area (Å²) in [5.74, 6) is 0.0366. The lowest BCUT2D eigenvalue weighted by Crippen LogP contribution is -2.30. The van der Waals surface area contributed by atoms with Gasteiger partial charge < -0.3 is 15.4 Å². The molecule has 0 bridgehead atoms. The molecule has 1 aliphatic heterocycles. The molecule has 1 atom stereocenters. The Morgan fingerprint density at radius 2 is 1.86 bits per heavy atom. The summed E-state index contributed by atoms with van der Waals surface area (Å²) in [6.45, 7) is 1.86. The van der Waals surface area contributed by atoms with Crippen molar-refractivity contribution >= 4 is 23.4 Å². The number of hydrogen-bond acceptors (Lipinski definition) is 5. The topological polar surface area (TPSA) is 74.1 Å². The smallest absolute Gasteiger partial charge is 0.254 e. The fourth-order valence-corrected chi connectivity index (χ4v) is 3.86. The normalized spacial score (nSPS) is 16.3. The Balaban J connectivity index is 2.06. The van der Waals surface area contributed by atoms with Crippen molar-refractivity contribution in [3.8, 4) is 11.8 Å². The van der Waals surface area contributed by atoms with E-state index in [-0.39, 0.29) is 5.91 Å². The summed E-state index contributed by atoms with van der Waals surface area (Å²) in [6.07, 6.45) is 1.91. The second-order valence-electron chi connectivity index (χ2n) is 6.25. The molecule has 6 heteroatoms. The largest absolute Gasteiger partial charge is 0.497 e. The van der Waals surface area contributed by atoms with Crippen LogP contribution in [0.2, 0.25) is 0 Å². The van der Waals surface area contributed by atoms with Crippen molar-refractivity contribution in [1.29, 1.82) is 5.26 Å². The minimum Gasteiger partial charge on any atom is -0.497 e. The summed E-state index contributed by atoms with van der Waals surface area (Å²) in [6, 6.07) is 19.1. The van der Waals surface area contributed by atoms with Gasteiger partial charge in [-0.05, 0) is 43.0 Å². The molecule has 3 rings (SSSR count). The predicted octanol–water partition coefficient (Wildman–Crippen LogP) is 4.39. The lowest BCUT2D eigenvalue weighted by atomic mass is 9.82. The van der Waals surface area contributed by atoms with Gasteiger partial charge in [0.05, 0.1) is 29.7 Å². The van der Waals surface area contributed by atoms with Gasteiger partial charge in [0.15, 0.2) is 0 Å². The van der Waals surface area contributed by atoms with Crippen molar-refractivity contribution in [2.75, 3.05) is 18.7 Å². The van der Waals surface area contributed by atoms with Crippen molar-refractivity contribution in [1.82, 2.24) is 5.32 Å². The van der Waals surface area contributed by atoms with Gasteiger partial charge in [0, 0.05) is 17.0 Å². The summed E-state index contributed by atoms with van der Waals surface area (Å²) in [4.78, 5) is 13.2. The molecule has 0 fully saturated rings. The Morgan fingerprint density at radius 3 is 2.43 bits per heavy atom. The maximum atomic E-state index is 13.2. The number of dihydropyridines is 1. The zero-order valence-corrected chi connectivity index (χ0v) is 16.8. The fourth-order valence-electron chi connectivity index (χ4n) is 3.22. The van der Waals surface area contributed by atoms with Crippen LogP contribution in [0.3, 0.4) is 0 Å². The summed E-state index contributed by atoms with van der Waals surface area (Å²) in [5, 5.41) is 16.8. The average Bonchev–Trinajstić information content (AvgIpc) is 2.73. The van der Waals surface area contributed by atoms with Gasteiger partial charge in [-0.3, -0.25) is 4.79 Å². The third-order valence-electron chi connectivity index (χ3n) is 4.58. The minimum absolute atomic E-state index is 0.232. The van der Waals surface area contributed by atoms with Gasteiger partial charge in [-0.2, -0.15) is 5.26 Å². The van der Waals surface area contributed by atoms with Crippen LogP contribution in [0.4, 0.5) is 5.69 Å². The van der Waals surface area contributed by atoms with Crippen LogP contribution in [0.5, 0.6) is 5.75 Å². The number of amides is 1. The Labute approximate surface area is 169 Å². The Kier molecular flexibility index (Phi) is 6.07. The van der Waals surface area contributed by atoms with Gasteiger partial charge >= 0.3 is 0 Å². The predicted molar refractivity (Wildman–Crippen MR) is 113 cm³/mol. The van der Waals surface area contributed by atoms with Crippen LogP contribution in [0.25, 0.3) is 0 Å². The van der Waals surface area contributed by atoms with E-state index in [9.17, 15) is 10.1 Å². The van der Waals surface area contributed by atoms with Crippen molar-refractivity contribution in [3.63, 3.8) is 0 Å². The summed E-state index contributed by atoms with van der Waals surface area (Å²) in [5.41, 5.74) is 3.37. The van der Waals surface area contributed by atoms with Gasteiger partial charge in [0.2, 0.25) is 0 Å². The Hall–Kier alpha value is -3.17. The van der Waals surface area contributed by atoms with Gasteiger partial charge in [-0.1, -0.05) is 30.3 Å². The van der Waals surface area contributed by atoms with Crippen molar-refractivity contribution in [2.45, 2.75) is 12.8 Å². The van der Waals surface area contributed by atoms with Crippen molar-refractivity contribution in [2.24, 2.45) is 0 Å². The second-order valence-corrected chi connectivity index (χ2v) is 7.07. The molecule has 28 heavy (non-hydrogen) atoms. The Bertz CT molecular complexity index is 973. The number of carbonyl (C=O) groups excluding carboxylic acids is 1. The highest BCUT2D eigenvalue weighted by molar-refractivity contribution is 8.02. The van der Waals surface area contributed by atoms with Crippen LogP contribution >= 0.6 is 11.8 Å². The molecule has 5 nitrogen and oxygen atoms in total. The first kappa shape index (κ1) is 19.6. The van der Waals surface area contributed by atoms with Gasteiger partial charge in [0.1, 0.15) is 5.75 Å². The summed E-state index contributed by atoms with van der Waals surface area (Å²) < 4.78 is 5.24. The maximum absolute atomic E-state index is 13.2. The number of nitrogens with zero attached hydrogens (tertiary/aromatic N) is 1. The number of hydrogen-bond donors (Lipinski definition) is 2. The molecule has 1 amide bonds. The zero-order chi connectivity index (χ0) is 20.1. The first-order chi connectivity index (χ1) is 13.6. The molecule has 1 heterocycles. The van der Waals surface area contributed by atoms with Crippen LogP contribution in [0.1, 0.15) is 18.4 Å². The van der Waals surface area contributed by atoms with E-state index in [1.54, 1.807) is 7.11 Å². The number of thioether (sulfide) groups is 1. The molecule has 0 saturated heterocycles. The van der Waals surface area contributed by atoms with Crippen molar-refractivity contribution in [3.05, 3.63) is 82.0 Å². The average molecular weight is 391 g/mol. The molecule has 1 unspecified atom stereocenters. The van der Waals surface area contributed by atoms with E-state index >= 15 is 0 Å². The molecule has 0 aliphatic carbocycles. The second kappa shape index (κ2) is 8.68. The van der Waals surface area contributed by atoms with E-state index in [0.717, 1.165) is 22.0 Å². The number of carbonyl (C=O) groups is 1. The molecular formula is C22H21N3O2S. The van der Waals surface area contributed by atoms with E-state index in [2.05, 4.69) is 16.7 Å². The van der Waals surface area contributed by atoms with E-state index in [1.807, 2.05) is 67.8 Å². The van der Waals surface area contributed by atoms with Gasteiger partial charge in [-0.25, -0.2) is 0 Å². The van der Waals surface area contributed by atoms with E-state index < -0.39 is 5.92 Å². The number of benzene rings is 2. The molecule has 2 aromatic rings. The highest BCUT2D eigenvalue weighted by Gasteiger charge is 2.34. The standard InChI is InChI=1S/C22H21N3O2S/c1-14-19(21(26)25-16-7-5-4-6-8-16)20(18(13-23)22(24-14)28-3)15-9-11-17(27-2)12-10-15/h4-12,20,24H,1-3H3,(H,25,26). The van der Waals surface area contributed by atoms with Crippen LogP contribution < -0.4 is 15.4 Å². The Morgan fingerprint density at radius 1 is 1.18 bits per heavy atom. The van der Waals surface area contributed by atoms with Gasteiger partial charge in [0.25, 0.3) is 5.91 Å². The third-order valence-corrected chi connectivity index (χ3v) is 5.31. The molecule has 0 aromatic heterocycles. The van der Waals surface area contributed by atoms with Crippen LogP contribution in [-0.4, -0.2) is 19.3 Å². The maximum Gasteiger partial charge on any atom is 0.254 e. The number of nitriles is 1. The van der Waals surface area contributed by atoms with Gasteiger partial charge in [-0.15, -0.1) is 11.8 Å². The molecule has 1 aliphatic rings. The highest BCUT2D eigenvalue weighted by Crippen LogP contribution is 2.40. The first-order valence-electron chi connectivity index (χ1n) is 8.75. The molecule has 0 saturated carbocycles. The molecule has 142 valence electrons. The quantitative estimate of drug-likeness (QED) is 0.791.